The molecule has 1 unspecified atom stereocenters. The number of thiophene rings is 1. The van der Waals surface area contributed by atoms with Crippen molar-refractivity contribution in [3.8, 4) is 0 Å². The van der Waals surface area contributed by atoms with Gasteiger partial charge in [0.1, 0.15) is 0 Å². The smallest absolute Gasteiger partial charge is 0.264 e. The van der Waals surface area contributed by atoms with Crippen molar-refractivity contribution in [2.24, 2.45) is 0 Å². The van der Waals surface area contributed by atoms with Gasteiger partial charge in [0.05, 0.1) is 10.5 Å². The molecule has 0 radical (unpaired) electrons. The summed E-state index contributed by atoms with van der Waals surface area (Å²) in [5.41, 5.74) is 0.0156. The molecule has 1 amide bonds. The molecule has 2 aliphatic rings. The lowest BCUT2D eigenvalue weighted by atomic mass is 9.81. The minimum Gasteiger partial charge on any atom is -0.385 e. The first-order chi connectivity index (χ1) is 10.7. The van der Waals surface area contributed by atoms with Gasteiger partial charge in [-0.25, -0.2) is 0 Å². The third-order valence-corrected chi connectivity index (χ3v) is 5.79. The number of aliphatic hydroxyl groups is 1. The van der Waals surface area contributed by atoms with Crippen LogP contribution in [0.25, 0.3) is 0 Å². The molecular formula is C17H18N2O2S. The fourth-order valence-corrected chi connectivity index (χ4v) is 4.62. The number of nitrogens with zero attached hydrogens (tertiary/aromatic N) is 2. The van der Waals surface area contributed by atoms with Gasteiger partial charge in [-0.1, -0.05) is 12.1 Å². The molecule has 114 valence electrons. The number of rotatable bonds is 2. The lowest BCUT2D eigenvalue weighted by Crippen LogP contribution is -2.51. The van der Waals surface area contributed by atoms with Gasteiger partial charge in [0, 0.05) is 42.9 Å². The standard InChI is InChI=1S/C17H18N2O2S/c20-16(15-4-2-8-22-15)19-13-5-6-14(19)10-17(21,9-13)12-3-1-7-18-11-12/h1-4,7-8,11,13-14,21H,5-6,9-10H2/t13-,14+,17?. The number of carbonyl (C=O) groups excluding carboxylic acids is 1. The highest BCUT2D eigenvalue weighted by Gasteiger charge is 2.50. The second-order valence-corrected chi connectivity index (χ2v) is 7.20. The van der Waals surface area contributed by atoms with E-state index in [0.29, 0.717) is 12.8 Å². The Morgan fingerprint density at radius 3 is 2.64 bits per heavy atom. The summed E-state index contributed by atoms with van der Waals surface area (Å²) in [7, 11) is 0. The topological polar surface area (TPSA) is 53.4 Å². The van der Waals surface area contributed by atoms with Crippen molar-refractivity contribution in [1.29, 1.82) is 0 Å². The lowest BCUT2D eigenvalue weighted by molar-refractivity contribution is -0.0480. The van der Waals surface area contributed by atoms with Crippen molar-refractivity contribution in [2.45, 2.75) is 43.4 Å². The molecule has 5 heteroatoms. The zero-order valence-corrected chi connectivity index (χ0v) is 13.0. The Bertz CT molecular complexity index is 657. The number of hydrogen-bond acceptors (Lipinski definition) is 4. The highest BCUT2D eigenvalue weighted by molar-refractivity contribution is 7.12. The Morgan fingerprint density at radius 1 is 1.27 bits per heavy atom. The van der Waals surface area contributed by atoms with Gasteiger partial charge in [-0.2, -0.15) is 0 Å². The number of pyridine rings is 1. The number of piperidine rings is 1. The average molecular weight is 314 g/mol. The van der Waals surface area contributed by atoms with Crippen LogP contribution in [0.1, 0.15) is 40.9 Å². The lowest BCUT2D eigenvalue weighted by Gasteiger charge is -2.43. The molecule has 1 N–H and O–H groups in total. The summed E-state index contributed by atoms with van der Waals surface area (Å²) in [6.07, 6.45) is 6.63. The van der Waals surface area contributed by atoms with E-state index in [2.05, 4.69) is 4.98 Å². The van der Waals surface area contributed by atoms with Crippen molar-refractivity contribution in [1.82, 2.24) is 9.88 Å². The van der Waals surface area contributed by atoms with E-state index in [1.165, 1.54) is 11.3 Å². The highest BCUT2D eigenvalue weighted by atomic mass is 32.1. The van der Waals surface area contributed by atoms with E-state index in [9.17, 15) is 9.90 Å². The van der Waals surface area contributed by atoms with Gasteiger partial charge < -0.3 is 10.0 Å². The SMILES string of the molecule is O=C(c1cccs1)N1[C@@H]2CC[C@H]1CC(O)(c1cccnc1)C2. The van der Waals surface area contributed by atoms with Gasteiger partial charge in [-0.3, -0.25) is 9.78 Å². The Labute approximate surface area is 133 Å². The molecule has 0 aliphatic carbocycles. The van der Waals surface area contributed by atoms with Crippen LogP contribution in [0.3, 0.4) is 0 Å². The molecule has 2 saturated heterocycles. The molecule has 0 aromatic carbocycles. The molecule has 0 spiro atoms. The van der Waals surface area contributed by atoms with E-state index in [-0.39, 0.29) is 18.0 Å². The van der Waals surface area contributed by atoms with E-state index in [4.69, 9.17) is 0 Å². The van der Waals surface area contributed by atoms with E-state index >= 15 is 0 Å². The third kappa shape index (κ3) is 2.16. The maximum atomic E-state index is 12.7. The van der Waals surface area contributed by atoms with E-state index in [1.54, 1.807) is 12.4 Å². The molecule has 3 atom stereocenters. The van der Waals surface area contributed by atoms with Crippen LogP contribution in [0.15, 0.2) is 42.0 Å². The Morgan fingerprint density at radius 2 is 2.05 bits per heavy atom. The number of carbonyl (C=O) groups is 1. The molecule has 2 fully saturated rings. The summed E-state index contributed by atoms with van der Waals surface area (Å²) in [5, 5.41) is 13.0. The summed E-state index contributed by atoms with van der Waals surface area (Å²) in [5.74, 6) is 0.121. The number of fused-ring (bicyclic) bond motifs is 2. The third-order valence-electron chi connectivity index (χ3n) is 4.93. The molecule has 0 saturated carbocycles. The molecule has 4 rings (SSSR count). The zero-order valence-electron chi connectivity index (χ0n) is 12.2. The summed E-state index contributed by atoms with van der Waals surface area (Å²) in [6.45, 7) is 0. The molecule has 4 nitrogen and oxygen atoms in total. The molecule has 2 aromatic rings. The Kier molecular flexibility index (Phi) is 3.27. The summed E-state index contributed by atoms with van der Waals surface area (Å²) in [6, 6.07) is 7.84. The highest BCUT2D eigenvalue weighted by Crippen LogP contribution is 2.46. The van der Waals surface area contributed by atoms with Crippen LogP contribution in [-0.2, 0) is 5.60 Å². The second-order valence-electron chi connectivity index (χ2n) is 6.26. The van der Waals surface area contributed by atoms with Crippen molar-refractivity contribution in [2.75, 3.05) is 0 Å². The minimum absolute atomic E-state index is 0.121. The van der Waals surface area contributed by atoms with Crippen LogP contribution in [0.4, 0.5) is 0 Å². The average Bonchev–Trinajstić information content (AvgIpc) is 3.15. The normalized spacial score (nSPS) is 30.5. The molecule has 4 heterocycles. The van der Waals surface area contributed by atoms with Crippen molar-refractivity contribution < 1.29 is 9.90 Å². The van der Waals surface area contributed by atoms with Crippen LogP contribution in [0.5, 0.6) is 0 Å². The number of aromatic nitrogens is 1. The van der Waals surface area contributed by atoms with E-state index in [0.717, 1.165) is 23.3 Å². The van der Waals surface area contributed by atoms with Crippen LogP contribution < -0.4 is 0 Å². The predicted molar refractivity (Wildman–Crippen MR) is 84.7 cm³/mol. The van der Waals surface area contributed by atoms with Crippen molar-refractivity contribution in [3.05, 3.63) is 52.5 Å². The van der Waals surface area contributed by atoms with Gasteiger partial charge >= 0.3 is 0 Å². The number of amides is 1. The molecule has 2 bridgehead atoms. The fourth-order valence-electron chi connectivity index (χ4n) is 3.96. The maximum absolute atomic E-state index is 12.7. The first-order valence-electron chi connectivity index (χ1n) is 7.66. The van der Waals surface area contributed by atoms with Crippen LogP contribution in [0, 0.1) is 0 Å². The van der Waals surface area contributed by atoms with Gasteiger partial charge in [0.25, 0.3) is 5.91 Å². The molecule has 2 aliphatic heterocycles. The largest absolute Gasteiger partial charge is 0.385 e. The van der Waals surface area contributed by atoms with Crippen LogP contribution in [0.2, 0.25) is 0 Å². The van der Waals surface area contributed by atoms with Crippen molar-refractivity contribution in [3.63, 3.8) is 0 Å². The van der Waals surface area contributed by atoms with Crippen LogP contribution >= 0.6 is 11.3 Å². The molecule has 2 aromatic heterocycles. The van der Waals surface area contributed by atoms with Crippen molar-refractivity contribution >= 4 is 17.2 Å². The predicted octanol–water partition coefficient (Wildman–Crippen LogP) is 2.80. The summed E-state index contributed by atoms with van der Waals surface area (Å²) >= 11 is 1.49. The number of hydrogen-bond donors (Lipinski definition) is 1. The first-order valence-corrected chi connectivity index (χ1v) is 8.54. The second kappa shape index (κ2) is 5.18. The van der Waals surface area contributed by atoms with E-state index in [1.807, 2.05) is 34.5 Å². The van der Waals surface area contributed by atoms with Gasteiger partial charge in [-0.15, -0.1) is 11.3 Å². The molecular weight excluding hydrogens is 296 g/mol. The quantitative estimate of drug-likeness (QED) is 0.927. The maximum Gasteiger partial charge on any atom is 0.264 e. The Hall–Kier alpha value is -1.72. The summed E-state index contributed by atoms with van der Waals surface area (Å²) in [4.78, 5) is 19.6. The first kappa shape index (κ1) is 13.9. The van der Waals surface area contributed by atoms with Gasteiger partial charge in [0.2, 0.25) is 0 Å². The monoisotopic (exact) mass is 314 g/mol. The van der Waals surface area contributed by atoms with Gasteiger partial charge in [0.15, 0.2) is 0 Å². The fraction of sp³-hybridized carbons (Fsp3) is 0.412. The summed E-state index contributed by atoms with van der Waals surface area (Å²) < 4.78 is 0. The van der Waals surface area contributed by atoms with Gasteiger partial charge in [-0.05, 0) is 30.4 Å². The minimum atomic E-state index is -0.855. The Balaban J connectivity index is 1.61. The van der Waals surface area contributed by atoms with E-state index < -0.39 is 5.60 Å². The van der Waals surface area contributed by atoms with Crippen LogP contribution in [-0.4, -0.2) is 33.0 Å². The zero-order chi connectivity index (χ0) is 15.2. The molecule has 22 heavy (non-hydrogen) atoms.